The molecule has 0 bridgehead atoms. The molecule has 30 heavy (non-hydrogen) atoms. The zero-order valence-corrected chi connectivity index (χ0v) is 17.7. The summed E-state index contributed by atoms with van der Waals surface area (Å²) in [4.78, 5) is 14.9. The predicted octanol–water partition coefficient (Wildman–Crippen LogP) is 3.37. The molecule has 7 heteroatoms. The van der Waals surface area contributed by atoms with Crippen molar-refractivity contribution in [1.82, 2.24) is 25.3 Å². The monoisotopic (exact) mass is 404 g/mol. The smallest absolute Gasteiger partial charge is 0.223 e. The highest BCUT2D eigenvalue weighted by molar-refractivity contribution is 5.79. The molecule has 1 fully saturated rings. The van der Waals surface area contributed by atoms with Gasteiger partial charge in [0.25, 0.3) is 0 Å². The molecule has 0 saturated carbocycles. The number of anilines is 1. The van der Waals surface area contributed by atoms with Crippen LogP contribution in [0.1, 0.15) is 42.8 Å². The van der Waals surface area contributed by atoms with Crippen molar-refractivity contribution in [2.75, 3.05) is 18.0 Å². The second-order valence-corrected chi connectivity index (χ2v) is 7.99. The van der Waals surface area contributed by atoms with Crippen molar-refractivity contribution in [3.63, 3.8) is 0 Å². The van der Waals surface area contributed by atoms with Crippen LogP contribution in [-0.2, 0) is 4.79 Å². The SMILES string of the molecule is Cc1cc(C)n(-c2ccc(N3CCC(C(=O)NC(C)c4ccccc4)CC3)nn2)n1. The van der Waals surface area contributed by atoms with Crippen LogP contribution in [-0.4, -0.2) is 39.0 Å². The Hall–Kier alpha value is -3.22. The number of nitrogens with one attached hydrogen (secondary N) is 1. The summed E-state index contributed by atoms with van der Waals surface area (Å²) in [5.41, 5.74) is 3.12. The molecule has 1 atom stereocenters. The standard InChI is InChI=1S/C23H28N6O/c1-16-15-17(2)29(27-16)22-10-9-21(25-26-22)28-13-11-20(12-14-28)23(30)24-18(3)19-7-5-4-6-8-19/h4-10,15,18,20H,11-14H2,1-3H3,(H,24,30). The maximum atomic E-state index is 12.7. The predicted molar refractivity (Wildman–Crippen MR) is 117 cm³/mol. The summed E-state index contributed by atoms with van der Waals surface area (Å²) in [6, 6.07) is 16.0. The minimum Gasteiger partial charge on any atom is -0.355 e. The van der Waals surface area contributed by atoms with E-state index in [-0.39, 0.29) is 17.9 Å². The number of rotatable bonds is 5. The number of aryl methyl sites for hydroxylation is 2. The van der Waals surface area contributed by atoms with Crippen LogP contribution in [0.3, 0.4) is 0 Å². The normalized spacial score (nSPS) is 15.8. The van der Waals surface area contributed by atoms with Crippen LogP contribution in [0.15, 0.2) is 48.5 Å². The Balaban J connectivity index is 1.33. The molecule has 1 unspecified atom stereocenters. The Morgan fingerprint density at radius 2 is 1.70 bits per heavy atom. The third-order valence-electron chi connectivity index (χ3n) is 5.71. The van der Waals surface area contributed by atoms with E-state index < -0.39 is 0 Å². The summed E-state index contributed by atoms with van der Waals surface area (Å²) in [5, 5.41) is 16.4. The van der Waals surface area contributed by atoms with E-state index >= 15 is 0 Å². The van der Waals surface area contributed by atoms with Crippen molar-refractivity contribution < 1.29 is 4.79 Å². The van der Waals surface area contributed by atoms with E-state index in [9.17, 15) is 4.79 Å². The maximum Gasteiger partial charge on any atom is 0.223 e. The van der Waals surface area contributed by atoms with Gasteiger partial charge in [-0.05, 0) is 57.4 Å². The van der Waals surface area contributed by atoms with Crippen LogP contribution in [0.5, 0.6) is 0 Å². The number of amides is 1. The molecule has 3 heterocycles. The maximum absolute atomic E-state index is 12.7. The molecule has 4 rings (SSSR count). The van der Waals surface area contributed by atoms with Crippen LogP contribution >= 0.6 is 0 Å². The highest BCUT2D eigenvalue weighted by Gasteiger charge is 2.26. The number of benzene rings is 1. The number of hydrogen-bond acceptors (Lipinski definition) is 5. The lowest BCUT2D eigenvalue weighted by Crippen LogP contribution is -2.41. The Kier molecular flexibility index (Phi) is 5.79. The van der Waals surface area contributed by atoms with Gasteiger partial charge in [-0.25, -0.2) is 4.68 Å². The van der Waals surface area contributed by atoms with Crippen molar-refractivity contribution in [2.24, 2.45) is 5.92 Å². The van der Waals surface area contributed by atoms with Crippen LogP contribution in [0.25, 0.3) is 5.82 Å². The summed E-state index contributed by atoms with van der Waals surface area (Å²) >= 11 is 0. The molecule has 156 valence electrons. The molecule has 1 aromatic carbocycles. The fourth-order valence-electron chi connectivity index (χ4n) is 3.99. The Morgan fingerprint density at radius 3 is 2.30 bits per heavy atom. The van der Waals surface area contributed by atoms with Crippen molar-refractivity contribution in [3.05, 3.63) is 65.5 Å². The molecule has 7 nitrogen and oxygen atoms in total. The van der Waals surface area contributed by atoms with Gasteiger partial charge >= 0.3 is 0 Å². The molecular weight excluding hydrogens is 376 g/mol. The first-order valence-corrected chi connectivity index (χ1v) is 10.5. The Labute approximate surface area is 177 Å². The van der Waals surface area contributed by atoms with Crippen LogP contribution in [0.4, 0.5) is 5.82 Å². The van der Waals surface area contributed by atoms with E-state index in [1.165, 1.54) is 0 Å². The second-order valence-electron chi connectivity index (χ2n) is 7.99. The van der Waals surface area contributed by atoms with Crippen molar-refractivity contribution in [3.8, 4) is 5.82 Å². The number of hydrogen-bond donors (Lipinski definition) is 1. The second kappa shape index (κ2) is 8.65. The lowest BCUT2D eigenvalue weighted by molar-refractivity contribution is -0.126. The highest BCUT2D eigenvalue weighted by Crippen LogP contribution is 2.23. The van der Waals surface area contributed by atoms with Gasteiger partial charge < -0.3 is 10.2 Å². The lowest BCUT2D eigenvalue weighted by atomic mass is 9.95. The largest absolute Gasteiger partial charge is 0.355 e. The molecule has 3 aromatic rings. The third kappa shape index (κ3) is 4.35. The molecule has 0 spiro atoms. The van der Waals surface area contributed by atoms with Gasteiger partial charge in [-0.15, -0.1) is 10.2 Å². The molecule has 0 radical (unpaired) electrons. The number of aromatic nitrogens is 4. The van der Waals surface area contributed by atoms with E-state index in [0.717, 1.165) is 48.7 Å². The van der Waals surface area contributed by atoms with Gasteiger partial charge in [0.05, 0.1) is 11.7 Å². The minimum absolute atomic E-state index is 0.0181. The van der Waals surface area contributed by atoms with Gasteiger partial charge in [0.2, 0.25) is 5.91 Å². The Bertz CT molecular complexity index is 990. The number of carbonyl (C=O) groups excluding carboxylic acids is 1. The summed E-state index contributed by atoms with van der Waals surface area (Å²) in [7, 11) is 0. The third-order valence-corrected chi connectivity index (χ3v) is 5.71. The van der Waals surface area contributed by atoms with Crippen LogP contribution in [0.2, 0.25) is 0 Å². The van der Waals surface area contributed by atoms with E-state index in [4.69, 9.17) is 0 Å². The molecule has 1 aliphatic heterocycles. The molecule has 1 aliphatic rings. The summed E-state index contributed by atoms with van der Waals surface area (Å²) in [6.45, 7) is 7.59. The summed E-state index contributed by atoms with van der Waals surface area (Å²) < 4.78 is 1.80. The molecule has 2 aromatic heterocycles. The van der Waals surface area contributed by atoms with Gasteiger partial charge in [-0.2, -0.15) is 5.10 Å². The van der Waals surface area contributed by atoms with E-state index in [1.54, 1.807) is 4.68 Å². The van der Waals surface area contributed by atoms with Gasteiger partial charge in [0, 0.05) is 24.7 Å². The minimum atomic E-state index is 0.0181. The van der Waals surface area contributed by atoms with Gasteiger partial charge in [0.1, 0.15) is 0 Å². The van der Waals surface area contributed by atoms with Gasteiger partial charge in [-0.1, -0.05) is 30.3 Å². The molecule has 1 amide bonds. The molecular formula is C23H28N6O. The first kappa shape index (κ1) is 20.1. The van der Waals surface area contributed by atoms with Crippen LogP contribution < -0.4 is 10.2 Å². The van der Waals surface area contributed by atoms with Gasteiger partial charge in [0.15, 0.2) is 11.6 Å². The molecule has 0 aliphatic carbocycles. The van der Waals surface area contributed by atoms with Crippen molar-refractivity contribution in [1.29, 1.82) is 0 Å². The highest BCUT2D eigenvalue weighted by atomic mass is 16.1. The number of carbonyl (C=O) groups is 1. The zero-order chi connectivity index (χ0) is 21.1. The van der Waals surface area contributed by atoms with E-state index in [0.29, 0.717) is 5.82 Å². The first-order valence-electron chi connectivity index (χ1n) is 10.5. The topological polar surface area (TPSA) is 75.9 Å². The zero-order valence-electron chi connectivity index (χ0n) is 17.7. The lowest BCUT2D eigenvalue weighted by Gasteiger charge is -2.32. The van der Waals surface area contributed by atoms with Crippen molar-refractivity contribution in [2.45, 2.75) is 39.7 Å². The average molecular weight is 405 g/mol. The number of nitrogens with zero attached hydrogens (tertiary/aromatic N) is 5. The van der Waals surface area contributed by atoms with Crippen LogP contribution in [0, 0.1) is 19.8 Å². The average Bonchev–Trinajstić information content (AvgIpc) is 3.12. The van der Waals surface area contributed by atoms with Crippen molar-refractivity contribution >= 4 is 11.7 Å². The fraction of sp³-hybridized carbons (Fsp3) is 0.391. The first-order chi connectivity index (χ1) is 14.5. The molecule has 1 saturated heterocycles. The number of piperidine rings is 1. The fourth-order valence-corrected chi connectivity index (χ4v) is 3.99. The Morgan fingerprint density at radius 1 is 1.03 bits per heavy atom. The van der Waals surface area contributed by atoms with Gasteiger partial charge in [-0.3, -0.25) is 4.79 Å². The quantitative estimate of drug-likeness (QED) is 0.706. The van der Waals surface area contributed by atoms with E-state index in [2.05, 4.69) is 25.5 Å². The van der Waals surface area contributed by atoms with E-state index in [1.807, 2.05) is 69.3 Å². The summed E-state index contributed by atoms with van der Waals surface area (Å²) in [5.74, 6) is 1.73. The summed E-state index contributed by atoms with van der Waals surface area (Å²) in [6.07, 6.45) is 1.63. The molecule has 1 N–H and O–H groups in total.